The molecule has 1 atom stereocenters. The minimum Gasteiger partial charge on any atom is -0.423 e. The van der Waals surface area contributed by atoms with Gasteiger partial charge in [-0.05, 0) is 31.5 Å². The molecule has 1 aromatic heterocycles. The zero-order valence-electron chi connectivity index (χ0n) is 11.6. The van der Waals surface area contributed by atoms with E-state index in [2.05, 4.69) is 14.8 Å². The molecule has 106 valence electrons. The van der Waals surface area contributed by atoms with Gasteiger partial charge in [-0.25, -0.2) is 0 Å². The Balaban J connectivity index is 1.61. The molecule has 0 spiro atoms. The topological polar surface area (TPSA) is 58.5 Å². The van der Waals surface area contributed by atoms with Crippen LogP contribution in [0.25, 0.3) is 11.1 Å². The lowest BCUT2D eigenvalue weighted by Gasteiger charge is -2.43. The minimum atomic E-state index is 0.657. The smallest absolute Gasteiger partial charge is 0.298 e. The molecular formula is C15H20N4O. The van der Waals surface area contributed by atoms with Crippen LogP contribution >= 0.6 is 0 Å². The predicted molar refractivity (Wildman–Crippen MR) is 79.8 cm³/mol. The zero-order chi connectivity index (χ0) is 13.5. The molecular weight excluding hydrogens is 252 g/mol. The van der Waals surface area contributed by atoms with Crippen LogP contribution in [0.5, 0.6) is 0 Å². The van der Waals surface area contributed by atoms with Crippen LogP contribution in [-0.2, 0) is 0 Å². The van der Waals surface area contributed by atoms with Gasteiger partial charge in [0.2, 0.25) is 0 Å². The van der Waals surface area contributed by atoms with E-state index in [1.807, 2.05) is 18.2 Å². The first-order chi connectivity index (χ1) is 9.81. The van der Waals surface area contributed by atoms with E-state index in [0.29, 0.717) is 11.7 Å². The molecule has 4 rings (SSSR count). The number of piperazine rings is 1. The molecule has 0 aliphatic carbocycles. The second-order valence-electron chi connectivity index (χ2n) is 5.82. The van der Waals surface area contributed by atoms with Gasteiger partial charge in [-0.15, -0.1) is 0 Å². The Morgan fingerprint density at radius 3 is 3.05 bits per heavy atom. The van der Waals surface area contributed by atoms with Gasteiger partial charge in [0, 0.05) is 25.7 Å². The van der Waals surface area contributed by atoms with Crippen molar-refractivity contribution >= 4 is 22.8 Å². The normalized spacial score (nSPS) is 24.0. The maximum absolute atomic E-state index is 5.96. The second-order valence-corrected chi connectivity index (χ2v) is 5.82. The van der Waals surface area contributed by atoms with Gasteiger partial charge in [-0.1, -0.05) is 12.5 Å². The minimum absolute atomic E-state index is 0.657. The van der Waals surface area contributed by atoms with E-state index in [1.54, 1.807) is 0 Å². The van der Waals surface area contributed by atoms with Gasteiger partial charge in [-0.2, -0.15) is 4.98 Å². The number of oxazole rings is 1. The lowest BCUT2D eigenvalue weighted by molar-refractivity contribution is 0.131. The van der Waals surface area contributed by atoms with Crippen LogP contribution in [0, 0.1) is 0 Å². The Bertz CT molecular complexity index is 623. The highest BCUT2D eigenvalue weighted by Crippen LogP contribution is 2.29. The largest absolute Gasteiger partial charge is 0.423 e. The van der Waals surface area contributed by atoms with Gasteiger partial charge < -0.3 is 15.1 Å². The fourth-order valence-electron chi connectivity index (χ4n) is 3.42. The van der Waals surface area contributed by atoms with Crippen molar-refractivity contribution in [2.75, 3.05) is 36.8 Å². The summed E-state index contributed by atoms with van der Waals surface area (Å²) in [5.74, 6) is 0. The van der Waals surface area contributed by atoms with Crippen LogP contribution in [0.3, 0.4) is 0 Å². The fourth-order valence-corrected chi connectivity index (χ4v) is 3.42. The molecule has 2 aliphatic heterocycles. The number of anilines is 2. The van der Waals surface area contributed by atoms with Crippen molar-refractivity contribution in [3.63, 3.8) is 0 Å². The highest BCUT2D eigenvalue weighted by atomic mass is 16.4. The first-order valence-corrected chi connectivity index (χ1v) is 7.45. The summed E-state index contributed by atoms with van der Waals surface area (Å²) in [6.07, 6.45) is 3.98. The van der Waals surface area contributed by atoms with Crippen LogP contribution in [-0.4, -0.2) is 42.1 Å². The second kappa shape index (κ2) is 4.66. The summed E-state index contributed by atoms with van der Waals surface area (Å²) >= 11 is 0. The number of hydrogen-bond donors (Lipinski definition) is 1. The third-order valence-corrected chi connectivity index (χ3v) is 4.55. The van der Waals surface area contributed by atoms with E-state index in [0.717, 1.165) is 36.7 Å². The third-order valence-electron chi connectivity index (χ3n) is 4.55. The average Bonchev–Trinajstić information content (AvgIpc) is 2.92. The molecule has 2 N–H and O–H groups in total. The van der Waals surface area contributed by atoms with Gasteiger partial charge in [0.05, 0.1) is 5.69 Å². The summed E-state index contributed by atoms with van der Waals surface area (Å²) < 4.78 is 5.88. The summed E-state index contributed by atoms with van der Waals surface area (Å²) in [5, 5.41) is 0. The lowest BCUT2D eigenvalue weighted by atomic mass is 10.00. The number of benzene rings is 1. The number of nitrogens with zero attached hydrogens (tertiary/aromatic N) is 3. The molecule has 0 saturated carbocycles. The third kappa shape index (κ3) is 1.93. The van der Waals surface area contributed by atoms with Gasteiger partial charge >= 0.3 is 0 Å². The van der Waals surface area contributed by atoms with E-state index < -0.39 is 0 Å². The molecule has 0 bridgehead atoms. The molecule has 1 unspecified atom stereocenters. The summed E-state index contributed by atoms with van der Waals surface area (Å²) in [5.41, 5.74) is 8.21. The Morgan fingerprint density at radius 2 is 2.15 bits per heavy atom. The summed E-state index contributed by atoms with van der Waals surface area (Å²) in [4.78, 5) is 9.47. The SMILES string of the molecule is Nc1cccc2oc(N3CCN4CCCCC4C3)nc12. The van der Waals surface area contributed by atoms with Crippen LogP contribution in [0.1, 0.15) is 19.3 Å². The molecule has 2 fully saturated rings. The quantitative estimate of drug-likeness (QED) is 0.805. The number of fused-ring (bicyclic) bond motifs is 2. The molecule has 2 aromatic rings. The van der Waals surface area contributed by atoms with Crippen LogP contribution in [0.4, 0.5) is 11.7 Å². The first kappa shape index (κ1) is 12.0. The highest BCUT2D eigenvalue weighted by molar-refractivity contribution is 5.86. The number of para-hydroxylation sites is 1. The molecule has 1 aromatic carbocycles. The predicted octanol–water partition coefficient (Wildman–Crippen LogP) is 2.08. The number of nitrogens with two attached hydrogens (primary N) is 1. The first-order valence-electron chi connectivity index (χ1n) is 7.45. The molecule has 0 amide bonds. The van der Waals surface area contributed by atoms with E-state index >= 15 is 0 Å². The van der Waals surface area contributed by atoms with E-state index in [9.17, 15) is 0 Å². The maximum atomic E-state index is 5.96. The van der Waals surface area contributed by atoms with Crippen molar-refractivity contribution in [1.29, 1.82) is 0 Å². The average molecular weight is 272 g/mol. The number of piperidine rings is 1. The van der Waals surface area contributed by atoms with Crippen molar-refractivity contribution in [2.45, 2.75) is 25.3 Å². The summed E-state index contributed by atoms with van der Waals surface area (Å²) in [6, 6.07) is 7.09. The standard InChI is InChI=1S/C15H20N4O/c16-12-5-3-6-13-14(12)17-15(20-13)19-9-8-18-7-2-1-4-11(18)10-19/h3,5-6,11H,1-2,4,7-10,16H2. The lowest BCUT2D eigenvalue weighted by Crippen LogP contribution is -2.55. The van der Waals surface area contributed by atoms with Crippen molar-refractivity contribution < 1.29 is 4.42 Å². The zero-order valence-corrected chi connectivity index (χ0v) is 11.6. The van der Waals surface area contributed by atoms with Crippen LogP contribution < -0.4 is 10.6 Å². The van der Waals surface area contributed by atoms with Gasteiger partial charge in [-0.3, -0.25) is 4.90 Å². The molecule has 5 nitrogen and oxygen atoms in total. The summed E-state index contributed by atoms with van der Waals surface area (Å²) in [6.45, 7) is 4.37. The van der Waals surface area contributed by atoms with Crippen molar-refractivity contribution in [3.8, 4) is 0 Å². The molecule has 2 saturated heterocycles. The van der Waals surface area contributed by atoms with E-state index in [-0.39, 0.29) is 0 Å². The number of rotatable bonds is 1. The number of hydrogen-bond acceptors (Lipinski definition) is 5. The van der Waals surface area contributed by atoms with Gasteiger partial charge in [0.25, 0.3) is 6.01 Å². The molecule has 3 heterocycles. The van der Waals surface area contributed by atoms with E-state index in [4.69, 9.17) is 10.2 Å². The van der Waals surface area contributed by atoms with Crippen LogP contribution in [0.15, 0.2) is 22.6 Å². The Labute approximate surface area is 118 Å². The molecule has 5 heteroatoms. The van der Waals surface area contributed by atoms with Crippen LogP contribution in [0.2, 0.25) is 0 Å². The van der Waals surface area contributed by atoms with Crippen molar-refractivity contribution in [2.24, 2.45) is 0 Å². The summed E-state index contributed by atoms with van der Waals surface area (Å²) in [7, 11) is 0. The molecule has 2 aliphatic rings. The molecule has 20 heavy (non-hydrogen) atoms. The number of aromatic nitrogens is 1. The van der Waals surface area contributed by atoms with Crippen molar-refractivity contribution in [3.05, 3.63) is 18.2 Å². The highest BCUT2D eigenvalue weighted by Gasteiger charge is 2.30. The number of nitrogen functional groups attached to an aromatic ring is 1. The monoisotopic (exact) mass is 272 g/mol. The van der Waals surface area contributed by atoms with Gasteiger partial charge in [0.15, 0.2) is 5.58 Å². The van der Waals surface area contributed by atoms with Crippen molar-refractivity contribution in [1.82, 2.24) is 9.88 Å². The van der Waals surface area contributed by atoms with E-state index in [1.165, 1.54) is 25.8 Å². The Morgan fingerprint density at radius 1 is 1.20 bits per heavy atom. The Kier molecular flexibility index (Phi) is 2.80. The molecule has 0 radical (unpaired) electrons. The van der Waals surface area contributed by atoms with Gasteiger partial charge in [0.1, 0.15) is 5.52 Å². The fraction of sp³-hybridized carbons (Fsp3) is 0.533. The Hall–Kier alpha value is -1.75. The maximum Gasteiger partial charge on any atom is 0.298 e.